The van der Waals surface area contributed by atoms with E-state index in [0.29, 0.717) is 23.8 Å². The van der Waals surface area contributed by atoms with Crippen molar-refractivity contribution in [2.75, 3.05) is 34.3 Å². The topological polar surface area (TPSA) is 84.7 Å². The van der Waals surface area contributed by atoms with Crippen LogP contribution in [0.1, 0.15) is 20.8 Å². The van der Waals surface area contributed by atoms with Crippen molar-refractivity contribution in [1.82, 2.24) is 18.8 Å². The van der Waals surface area contributed by atoms with Gasteiger partial charge in [0, 0.05) is 32.9 Å². The molecule has 0 aliphatic rings. The summed E-state index contributed by atoms with van der Waals surface area (Å²) in [5, 5.41) is 0.239. The summed E-state index contributed by atoms with van der Waals surface area (Å²) in [6.07, 6.45) is 0. The van der Waals surface area contributed by atoms with Crippen LogP contribution in [-0.2, 0) is 14.8 Å². The van der Waals surface area contributed by atoms with Gasteiger partial charge in [0.15, 0.2) is 5.16 Å². The highest BCUT2D eigenvalue weighted by molar-refractivity contribution is 8.00. The van der Waals surface area contributed by atoms with E-state index < -0.39 is 10.0 Å². The molecule has 2 aromatic carbocycles. The number of nitrogens with zero attached hydrogens (tertiary/aromatic N) is 4. The molecular weight excluding hydrogens is 460 g/mol. The average Bonchev–Trinajstić information content (AvgIpc) is 3.15. The van der Waals surface area contributed by atoms with E-state index in [1.54, 1.807) is 44.3 Å². The minimum atomic E-state index is -3.62. The Morgan fingerprint density at radius 2 is 1.76 bits per heavy atom. The summed E-state index contributed by atoms with van der Waals surface area (Å²) in [7, 11) is 1.43. The summed E-state index contributed by atoms with van der Waals surface area (Å²) in [4.78, 5) is 19.0. The lowest BCUT2D eigenvalue weighted by atomic mass is 10.2. The van der Waals surface area contributed by atoms with Gasteiger partial charge in [-0.05, 0) is 49.4 Å². The molecule has 0 saturated heterocycles. The van der Waals surface area contributed by atoms with Gasteiger partial charge >= 0.3 is 0 Å². The molecule has 0 aliphatic carbocycles. The van der Waals surface area contributed by atoms with E-state index in [-0.39, 0.29) is 16.1 Å². The predicted octanol–water partition coefficient (Wildman–Crippen LogP) is 3.63. The van der Waals surface area contributed by atoms with Gasteiger partial charge in [0.05, 0.1) is 28.3 Å². The zero-order valence-corrected chi connectivity index (χ0v) is 21.4. The zero-order chi connectivity index (χ0) is 24.3. The van der Waals surface area contributed by atoms with Gasteiger partial charge in [-0.15, -0.1) is 0 Å². The van der Waals surface area contributed by atoms with E-state index in [9.17, 15) is 13.2 Å². The minimum Gasteiger partial charge on any atom is -0.497 e. The molecule has 0 bridgehead atoms. The number of thioether (sulfide) groups is 1. The highest BCUT2D eigenvalue weighted by atomic mass is 32.2. The average molecular weight is 491 g/mol. The van der Waals surface area contributed by atoms with Crippen molar-refractivity contribution < 1.29 is 17.9 Å². The second-order valence-corrected chi connectivity index (χ2v) is 10.9. The number of carbonyl (C=O) groups excluding carboxylic acids is 1. The summed E-state index contributed by atoms with van der Waals surface area (Å²) in [5.41, 5.74) is 2.14. The van der Waals surface area contributed by atoms with Crippen LogP contribution in [0.15, 0.2) is 52.5 Å². The molecule has 33 heavy (non-hydrogen) atoms. The van der Waals surface area contributed by atoms with Crippen molar-refractivity contribution in [3.63, 3.8) is 0 Å². The van der Waals surface area contributed by atoms with E-state index in [2.05, 4.69) is 0 Å². The number of benzene rings is 2. The second-order valence-electron chi connectivity index (χ2n) is 7.66. The number of ether oxygens (including phenoxy) is 1. The molecule has 1 heterocycles. The number of carbonyl (C=O) groups is 1. The molecular formula is C23H30N4O4S2. The molecule has 3 rings (SSSR count). The lowest BCUT2D eigenvalue weighted by molar-refractivity contribution is -0.127. The van der Waals surface area contributed by atoms with Gasteiger partial charge in [-0.25, -0.2) is 13.4 Å². The molecule has 0 radical (unpaired) electrons. The fraction of sp³-hybridized carbons (Fsp3) is 0.391. The Morgan fingerprint density at radius 3 is 2.30 bits per heavy atom. The minimum absolute atomic E-state index is 0.0295. The van der Waals surface area contributed by atoms with E-state index in [0.717, 1.165) is 17.0 Å². The van der Waals surface area contributed by atoms with Gasteiger partial charge in [-0.3, -0.25) is 9.36 Å². The number of rotatable bonds is 9. The van der Waals surface area contributed by atoms with Crippen LogP contribution in [0.5, 0.6) is 5.75 Å². The van der Waals surface area contributed by atoms with Crippen molar-refractivity contribution in [2.24, 2.45) is 0 Å². The molecule has 3 aromatic rings. The maximum absolute atomic E-state index is 13.0. The number of fused-ring (bicyclic) bond motifs is 1. The summed E-state index contributed by atoms with van der Waals surface area (Å²) >= 11 is 1.34. The highest BCUT2D eigenvalue weighted by Gasteiger charge is 2.25. The Bertz CT molecular complexity index is 1230. The summed E-state index contributed by atoms with van der Waals surface area (Å²) in [6.45, 7) is 6.25. The van der Waals surface area contributed by atoms with Gasteiger partial charge in [-0.1, -0.05) is 25.6 Å². The van der Waals surface area contributed by atoms with E-state index >= 15 is 0 Å². The fourth-order valence-corrected chi connectivity index (χ4v) is 6.11. The highest BCUT2D eigenvalue weighted by Crippen LogP contribution is 2.33. The maximum atomic E-state index is 13.0. The molecule has 1 aromatic heterocycles. The molecule has 0 aliphatic heterocycles. The zero-order valence-electron chi connectivity index (χ0n) is 19.8. The second kappa shape index (κ2) is 10.1. The Labute approximate surface area is 199 Å². The van der Waals surface area contributed by atoms with Crippen LogP contribution < -0.4 is 4.74 Å². The third-order valence-electron chi connectivity index (χ3n) is 5.34. The van der Waals surface area contributed by atoms with Crippen molar-refractivity contribution in [1.29, 1.82) is 0 Å². The van der Waals surface area contributed by atoms with Crippen LogP contribution in [-0.4, -0.2) is 72.6 Å². The first-order valence-corrected chi connectivity index (χ1v) is 13.0. The number of hydrogen-bond acceptors (Lipinski definition) is 6. The van der Waals surface area contributed by atoms with E-state index in [1.807, 2.05) is 49.6 Å². The Balaban J connectivity index is 2.16. The SMILES string of the molecule is CCN(CC)S(=O)(=O)c1ccc2c(c1)nc(S[C@H](C)C(=O)N(C)C)n2-c1ccc(OC)cc1. The van der Waals surface area contributed by atoms with Crippen molar-refractivity contribution in [2.45, 2.75) is 36.1 Å². The lowest BCUT2D eigenvalue weighted by Crippen LogP contribution is -2.30. The number of aromatic nitrogens is 2. The molecule has 1 amide bonds. The molecule has 0 spiro atoms. The summed E-state index contributed by atoms with van der Waals surface area (Å²) < 4.78 is 34.7. The summed E-state index contributed by atoms with van der Waals surface area (Å²) in [6, 6.07) is 12.5. The number of amides is 1. The number of methoxy groups -OCH3 is 1. The fourth-order valence-electron chi connectivity index (χ4n) is 3.54. The maximum Gasteiger partial charge on any atom is 0.243 e. The number of sulfonamides is 1. The Hall–Kier alpha value is -2.56. The van der Waals surface area contributed by atoms with Crippen LogP contribution in [0.2, 0.25) is 0 Å². The number of imidazole rings is 1. The molecule has 10 heteroatoms. The van der Waals surface area contributed by atoms with E-state index in [1.165, 1.54) is 16.1 Å². The molecule has 0 N–H and O–H groups in total. The molecule has 8 nitrogen and oxygen atoms in total. The van der Waals surface area contributed by atoms with Crippen molar-refractivity contribution in [3.8, 4) is 11.4 Å². The predicted molar refractivity (Wildman–Crippen MR) is 132 cm³/mol. The van der Waals surface area contributed by atoms with Crippen molar-refractivity contribution in [3.05, 3.63) is 42.5 Å². The normalized spacial score (nSPS) is 12.8. The third kappa shape index (κ3) is 5.02. The molecule has 0 saturated carbocycles. The first-order valence-electron chi connectivity index (χ1n) is 10.7. The monoisotopic (exact) mass is 490 g/mol. The van der Waals surface area contributed by atoms with Crippen LogP contribution in [0.3, 0.4) is 0 Å². The quantitative estimate of drug-likeness (QED) is 0.426. The Kier molecular flexibility index (Phi) is 7.71. The number of hydrogen-bond donors (Lipinski definition) is 0. The standard InChI is InChI=1S/C23H30N4O4S2/c1-7-26(8-2)33(29,30)19-13-14-21-20(15-19)24-23(32-16(3)22(28)25(4)5)27(21)17-9-11-18(31-6)12-10-17/h9-16H,7-8H2,1-6H3/t16-/m1/s1. The largest absolute Gasteiger partial charge is 0.497 e. The van der Waals surface area contributed by atoms with Crippen LogP contribution in [0.25, 0.3) is 16.7 Å². The Morgan fingerprint density at radius 1 is 1.12 bits per heavy atom. The van der Waals surface area contributed by atoms with Gasteiger partial charge in [0.2, 0.25) is 15.9 Å². The van der Waals surface area contributed by atoms with Gasteiger partial charge < -0.3 is 9.64 Å². The smallest absolute Gasteiger partial charge is 0.243 e. The third-order valence-corrected chi connectivity index (χ3v) is 8.43. The van der Waals surface area contributed by atoms with Crippen LogP contribution in [0, 0.1) is 0 Å². The van der Waals surface area contributed by atoms with E-state index in [4.69, 9.17) is 9.72 Å². The van der Waals surface area contributed by atoms with Crippen molar-refractivity contribution >= 4 is 38.7 Å². The first kappa shape index (κ1) is 25.1. The van der Waals surface area contributed by atoms with Crippen LogP contribution in [0.4, 0.5) is 0 Å². The molecule has 178 valence electrons. The first-order chi connectivity index (χ1) is 15.6. The summed E-state index contributed by atoms with van der Waals surface area (Å²) in [5.74, 6) is 0.694. The molecule has 0 fully saturated rings. The lowest BCUT2D eigenvalue weighted by Gasteiger charge is -2.18. The molecule has 0 unspecified atom stereocenters. The van der Waals surface area contributed by atoms with Gasteiger partial charge in [0.1, 0.15) is 5.75 Å². The van der Waals surface area contributed by atoms with Crippen LogP contribution >= 0.6 is 11.8 Å². The van der Waals surface area contributed by atoms with Gasteiger partial charge in [0.25, 0.3) is 0 Å². The molecule has 1 atom stereocenters. The van der Waals surface area contributed by atoms with Gasteiger partial charge in [-0.2, -0.15) is 4.31 Å².